The third-order valence-electron chi connectivity index (χ3n) is 3.62. The number of ether oxygens (including phenoxy) is 1. The molecule has 8 heteroatoms. The molecule has 0 aliphatic carbocycles. The van der Waals surface area contributed by atoms with Crippen LogP contribution in [0.3, 0.4) is 0 Å². The molecule has 27 heavy (non-hydrogen) atoms. The number of carbonyl (C=O) groups excluding carboxylic acids is 2. The zero-order valence-electron chi connectivity index (χ0n) is 14.7. The van der Waals surface area contributed by atoms with Crippen LogP contribution in [0.25, 0.3) is 0 Å². The molecule has 144 valence electrons. The van der Waals surface area contributed by atoms with Gasteiger partial charge in [-0.2, -0.15) is 13.2 Å². The number of benzene rings is 1. The Hall–Kier alpha value is -2.90. The molecule has 0 fully saturated rings. The molecule has 0 saturated heterocycles. The van der Waals surface area contributed by atoms with Crippen molar-refractivity contribution in [3.05, 3.63) is 59.3 Å². The number of Topliss-reactive ketones (excluding diaryl/α,β-unsaturated/α-hetero) is 1. The molecule has 5 nitrogen and oxygen atoms in total. The molecule has 0 aliphatic rings. The van der Waals surface area contributed by atoms with Gasteiger partial charge in [-0.05, 0) is 12.5 Å². The van der Waals surface area contributed by atoms with Gasteiger partial charge in [0.15, 0.2) is 12.4 Å². The minimum absolute atomic E-state index is 0.0485. The van der Waals surface area contributed by atoms with Crippen LogP contribution in [0, 0.1) is 6.92 Å². The van der Waals surface area contributed by atoms with E-state index in [0.29, 0.717) is 11.1 Å². The zero-order chi connectivity index (χ0) is 19.9. The molecule has 0 spiro atoms. The smallest absolute Gasteiger partial charge is 0.422 e. The number of alkyl halides is 3. The summed E-state index contributed by atoms with van der Waals surface area (Å²) in [6.45, 7) is 0.667. The van der Waals surface area contributed by atoms with Gasteiger partial charge in [0.25, 0.3) is 0 Å². The minimum atomic E-state index is -4.43. The van der Waals surface area contributed by atoms with Gasteiger partial charge < -0.3 is 10.1 Å². The molecule has 0 bridgehead atoms. The molecule has 0 unspecified atom stereocenters. The van der Waals surface area contributed by atoms with Crippen molar-refractivity contribution in [2.45, 2.75) is 32.5 Å². The number of amides is 1. The fourth-order valence-corrected chi connectivity index (χ4v) is 2.16. The molecule has 1 aromatic heterocycles. The number of carbonyl (C=O) groups is 2. The summed E-state index contributed by atoms with van der Waals surface area (Å²) in [5, 5.41) is 2.64. The van der Waals surface area contributed by atoms with Crippen molar-refractivity contribution < 1.29 is 27.5 Å². The van der Waals surface area contributed by atoms with Crippen molar-refractivity contribution in [2.24, 2.45) is 0 Å². The highest BCUT2D eigenvalue weighted by molar-refractivity contribution is 5.97. The Labute approximate surface area is 154 Å². The van der Waals surface area contributed by atoms with Crippen LogP contribution in [0.5, 0.6) is 5.88 Å². The molecule has 1 amide bonds. The molecule has 1 N–H and O–H groups in total. The highest BCUT2D eigenvalue weighted by Gasteiger charge is 2.28. The number of ketones is 1. The Morgan fingerprint density at radius 3 is 2.37 bits per heavy atom. The first-order valence-corrected chi connectivity index (χ1v) is 8.24. The number of hydrogen-bond acceptors (Lipinski definition) is 4. The van der Waals surface area contributed by atoms with Crippen molar-refractivity contribution in [1.82, 2.24) is 10.3 Å². The summed E-state index contributed by atoms with van der Waals surface area (Å²) in [5.74, 6) is -0.558. The van der Waals surface area contributed by atoms with E-state index in [2.05, 4.69) is 15.0 Å². The maximum Gasteiger partial charge on any atom is 0.422 e. The van der Waals surface area contributed by atoms with Gasteiger partial charge in [0.1, 0.15) is 0 Å². The van der Waals surface area contributed by atoms with Gasteiger partial charge in [0.2, 0.25) is 11.8 Å². The molecule has 0 atom stereocenters. The monoisotopic (exact) mass is 380 g/mol. The van der Waals surface area contributed by atoms with Crippen LogP contribution >= 0.6 is 0 Å². The molecular formula is C19H19F3N2O3. The first-order chi connectivity index (χ1) is 12.7. The number of hydrogen-bond donors (Lipinski definition) is 1. The summed E-state index contributed by atoms with van der Waals surface area (Å²) < 4.78 is 40.7. The number of aryl methyl sites for hydroxylation is 1. The van der Waals surface area contributed by atoms with Crippen LogP contribution in [0.2, 0.25) is 0 Å². The fraction of sp³-hybridized carbons (Fsp3) is 0.316. The molecular weight excluding hydrogens is 361 g/mol. The topological polar surface area (TPSA) is 68.3 Å². The second-order valence-corrected chi connectivity index (χ2v) is 5.97. The zero-order valence-corrected chi connectivity index (χ0v) is 14.7. The Bertz CT molecular complexity index is 772. The summed E-state index contributed by atoms with van der Waals surface area (Å²) in [7, 11) is 0. The van der Waals surface area contributed by atoms with Crippen molar-refractivity contribution in [3.8, 4) is 5.88 Å². The standard InChI is InChI=1S/C19H19F3N2O3/c1-13-2-5-15(6-3-13)16(25)7-8-17(26)23-10-14-4-9-18(24-11-14)27-12-19(20,21)22/h2-6,9,11H,7-8,10,12H2,1H3,(H,23,26). The maximum atomic E-state index is 12.1. The predicted octanol–water partition coefficient (Wildman–Crippen LogP) is 3.61. The number of rotatable bonds is 8. The van der Waals surface area contributed by atoms with Gasteiger partial charge >= 0.3 is 6.18 Å². The molecule has 1 aromatic carbocycles. The van der Waals surface area contributed by atoms with Gasteiger partial charge in [-0.25, -0.2) is 4.98 Å². The van der Waals surface area contributed by atoms with E-state index in [1.54, 1.807) is 12.1 Å². The van der Waals surface area contributed by atoms with E-state index in [1.807, 2.05) is 19.1 Å². The van der Waals surface area contributed by atoms with Crippen molar-refractivity contribution in [3.63, 3.8) is 0 Å². The maximum absolute atomic E-state index is 12.1. The lowest BCUT2D eigenvalue weighted by Gasteiger charge is -2.09. The number of aromatic nitrogens is 1. The van der Waals surface area contributed by atoms with E-state index in [-0.39, 0.29) is 37.0 Å². The van der Waals surface area contributed by atoms with Gasteiger partial charge in [0.05, 0.1) is 0 Å². The number of pyridine rings is 1. The number of nitrogens with one attached hydrogen (secondary N) is 1. The average molecular weight is 380 g/mol. The molecule has 0 aliphatic heterocycles. The summed E-state index contributed by atoms with van der Waals surface area (Å²) >= 11 is 0. The van der Waals surface area contributed by atoms with E-state index < -0.39 is 12.8 Å². The Kier molecular flexibility index (Phi) is 6.92. The third-order valence-corrected chi connectivity index (χ3v) is 3.62. The minimum Gasteiger partial charge on any atom is -0.468 e. The predicted molar refractivity (Wildman–Crippen MR) is 92.4 cm³/mol. The van der Waals surface area contributed by atoms with E-state index >= 15 is 0 Å². The Morgan fingerprint density at radius 2 is 1.78 bits per heavy atom. The molecule has 2 aromatic rings. The summed E-state index contributed by atoms with van der Waals surface area (Å²) in [6.07, 6.45) is -2.96. The van der Waals surface area contributed by atoms with Gasteiger partial charge in [-0.1, -0.05) is 35.9 Å². The van der Waals surface area contributed by atoms with Crippen LogP contribution in [0.15, 0.2) is 42.6 Å². The van der Waals surface area contributed by atoms with Crippen LogP contribution in [0.1, 0.15) is 34.3 Å². The van der Waals surface area contributed by atoms with Crippen LogP contribution in [0.4, 0.5) is 13.2 Å². The van der Waals surface area contributed by atoms with Crippen LogP contribution in [-0.2, 0) is 11.3 Å². The summed E-state index contributed by atoms with van der Waals surface area (Å²) in [5.41, 5.74) is 2.22. The van der Waals surface area contributed by atoms with Gasteiger partial charge in [-0.3, -0.25) is 9.59 Å². The van der Waals surface area contributed by atoms with E-state index in [4.69, 9.17) is 0 Å². The first kappa shape index (κ1) is 20.4. The van der Waals surface area contributed by atoms with E-state index in [0.717, 1.165) is 5.56 Å². The summed E-state index contributed by atoms with van der Waals surface area (Å²) in [4.78, 5) is 27.6. The Balaban J connectivity index is 1.73. The van der Waals surface area contributed by atoms with Crippen molar-refractivity contribution in [1.29, 1.82) is 0 Å². The van der Waals surface area contributed by atoms with E-state index in [9.17, 15) is 22.8 Å². The van der Waals surface area contributed by atoms with Crippen molar-refractivity contribution in [2.75, 3.05) is 6.61 Å². The van der Waals surface area contributed by atoms with Crippen LogP contribution < -0.4 is 10.1 Å². The van der Waals surface area contributed by atoms with Gasteiger partial charge in [0, 0.05) is 37.2 Å². The quantitative estimate of drug-likeness (QED) is 0.711. The largest absolute Gasteiger partial charge is 0.468 e. The number of halogens is 3. The summed E-state index contributed by atoms with van der Waals surface area (Å²) in [6, 6.07) is 9.93. The molecule has 1 heterocycles. The van der Waals surface area contributed by atoms with Crippen LogP contribution in [-0.4, -0.2) is 29.5 Å². The second-order valence-electron chi connectivity index (χ2n) is 5.97. The lowest BCUT2D eigenvalue weighted by molar-refractivity contribution is -0.154. The molecule has 2 rings (SSSR count). The first-order valence-electron chi connectivity index (χ1n) is 8.24. The molecule has 0 saturated carbocycles. The van der Waals surface area contributed by atoms with Gasteiger partial charge in [-0.15, -0.1) is 0 Å². The lowest BCUT2D eigenvalue weighted by atomic mass is 10.0. The third kappa shape index (κ3) is 7.47. The normalized spacial score (nSPS) is 11.1. The molecule has 0 radical (unpaired) electrons. The Morgan fingerprint density at radius 1 is 1.07 bits per heavy atom. The van der Waals surface area contributed by atoms with E-state index in [1.165, 1.54) is 18.3 Å². The van der Waals surface area contributed by atoms with Crippen molar-refractivity contribution >= 4 is 11.7 Å². The fourth-order valence-electron chi connectivity index (χ4n) is 2.16. The highest BCUT2D eigenvalue weighted by atomic mass is 19.4. The average Bonchev–Trinajstić information content (AvgIpc) is 2.63. The highest BCUT2D eigenvalue weighted by Crippen LogP contribution is 2.17. The second kappa shape index (κ2) is 9.16. The lowest BCUT2D eigenvalue weighted by Crippen LogP contribution is -2.23. The number of nitrogens with zero attached hydrogens (tertiary/aromatic N) is 1. The SMILES string of the molecule is Cc1ccc(C(=O)CCC(=O)NCc2ccc(OCC(F)(F)F)nc2)cc1.